The molecule has 0 bridgehead atoms. The summed E-state index contributed by atoms with van der Waals surface area (Å²) in [7, 11) is 0. The van der Waals surface area contributed by atoms with Crippen molar-refractivity contribution in [1.82, 2.24) is 4.98 Å². The molecule has 66 valence electrons. The first kappa shape index (κ1) is 8.48. The Morgan fingerprint density at radius 1 is 1.67 bits per heavy atom. The average Bonchev–Trinajstić information content (AvgIpc) is 2.38. The van der Waals surface area contributed by atoms with Gasteiger partial charge in [-0.25, -0.2) is 4.98 Å². The van der Waals surface area contributed by atoms with Gasteiger partial charge in [-0.1, -0.05) is 25.4 Å². The van der Waals surface area contributed by atoms with E-state index in [1.54, 1.807) is 0 Å². The summed E-state index contributed by atoms with van der Waals surface area (Å²) in [4.78, 5) is 5.23. The molecular formula is C8H11ClN2S. The summed E-state index contributed by atoms with van der Waals surface area (Å²) in [5, 5.41) is 0. The molecule has 0 aromatic carbocycles. The Labute approximate surface area is 80.8 Å². The third-order valence-electron chi connectivity index (χ3n) is 2.71. The van der Waals surface area contributed by atoms with Gasteiger partial charge in [-0.15, -0.1) is 11.3 Å². The molecule has 12 heavy (non-hydrogen) atoms. The minimum Gasteiger partial charge on any atom is -0.327 e. The van der Waals surface area contributed by atoms with Crippen LogP contribution in [0.4, 0.5) is 0 Å². The molecule has 1 aromatic heterocycles. The zero-order valence-electron chi connectivity index (χ0n) is 7.04. The molecule has 2 rings (SSSR count). The van der Waals surface area contributed by atoms with Gasteiger partial charge in [0.25, 0.3) is 0 Å². The van der Waals surface area contributed by atoms with Gasteiger partial charge >= 0.3 is 0 Å². The fraction of sp³-hybridized carbons (Fsp3) is 0.625. The smallest absolute Gasteiger partial charge is 0.183 e. The summed E-state index contributed by atoms with van der Waals surface area (Å²) >= 11 is 7.28. The van der Waals surface area contributed by atoms with Crippen molar-refractivity contribution in [3.8, 4) is 0 Å². The van der Waals surface area contributed by atoms with Crippen molar-refractivity contribution in [2.75, 3.05) is 0 Å². The summed E-state index contributed by atoms with van der Waals surface area (Å²) in [6.45, 7) is 4.35. The number of thiazole rings is 1. The maximum absolute atomic E-state index is 5.92. The van der Waals surface area contributed by atoms with Crippen molar-refractivity contribution < 1.29 is 0 Å². The molecule has 0 unspecified atom stereocenters. The number of hydrogen-bond acceptors (Lipinski definition) is 3. The van der Waals surface area contributed by atoms with Gasteiger partial charge in [-0.2, -0.15) is 0 Å². The first-order valence-corrected chi connectivity index (χ1v) is 5.09. The fourth-order valence-electron chi connectivity index (χ4n) is 1.63. The zero-order chi connectivity index (χ0) is 8.93. The van der Waals surface area contributed by atoms with E-state index in [0.29, 0.717) is 10.4 Å². The van der Waals surface area contributed by atoms with E-state index < -0.39 is 0 Å². The van der Waals surface area contributed by atoms with Crippen molar-refractivity contribution in [3.05, 3.63) is 15.5 Å². The third-order valence-corrected chi connectivity index (χ3v) is 3.91. The van der Waals surface area contributed by atoms with E-state index in [9.17, 15) is 0 Å². The van der Waals surface area contributed by atoms with E-state index in [0.717, 1.165) is 0 Å². The number of nitrogens with two attached hydrogens (primary N) is 1. The van der Waals surface area contributed by atoms with Crippen molar-refractivity contribution in [3.63, 3.8) is 0 Å². The highest BCUT2D eigenvalue weighted by molar-refractivity contribution is 7.15. The van der Waals surface area contributed by atoms with E-state index in [1.165, 1.54) is 16.2 Å². The fourth-order valence-corrected chi connectivity index (χ4v) is 2.93. The molecule has 1 saturated carbocycles. The lowest BCUT2D eigenvalue weighted by atomic mass is 10.1. The van der Waals surface area contributed by atoms with Crippen molar-refractivity contribution in [2.45, 2.75) is 25.8 Å². The van der Waals surface area contributed by atoms with E-state index in [2.05, 4.69) is 18.8 Å². The van der Waals surface area contributed by atoms with Crippen LogP contribution < -0.4 is 5.73 Å². The molecule has 0 saturated heterocycles. The summed E-state index contributed by atoms with van der Waals surface area (Å²) in [5.41, 5.74) is 6.15. The SMILES string of the molecule is CC1(C)[C@H](N)[C@H]1c1cnc(Cl)s1. The normalized spacial score (nSPS) is 32.0. The van der Waals surface area contributed by atoms with Crippen LogP contribution in [0.1, 0.15) is 24.6 Å². The second-order valence-corrected chi connectivity index (χ2v) is 5.48. The van der Waals surface area contributed by atoms with Gasteiger partial charge in [0.1, 0.15) is 0 Å². The summed E-state index contributed by atoms with van der Waals surface area (Å²) in [6, 6.07) is 0.272. The Hall–Kier alpha value is -0.120. The van der Waals surface area contributed by atoms with Gasteiger partial charge in [-0.3, -0.25) is 0 Å². The van der Waals surface area contributed by atoms with Crippen molar-refractivity contribution in [2.24, 2.45) is 11.1 Å². The number of halogens is 1. The van der Waals surface area contributed by atoms with Crippen LogP contribution in [-0.2, 0) is 0 Å². The molecule has 0 spiro atoms. The van der Waals surface area contributed by atoms with Crippen molar-refractivity contribution in [1.29, 1.82) is 0 Å². The van der Waals surface area contributed by atoms with Gasteiger partial charge < -0.3 is 5.73 Å². The van der Waals surface area contributed by atoms with Crippen LogP contribution in [0.25, 0.3) is 0 Å². The highest BCUT2D eigenvalue weighted by atomic mass is 35.5. The summed E-state index contributed by atoms with van der Waals surface area (Å²) < 4.78 is 0.611. The molecule has 1 aliphatic carbocycles. The van der Waals surface area contributed by atoms with E-state index in [1.807, 2.05) is 6.20 Å². The van der Waals surface area contributed by atoms with Crippen molar-refractivity contribution >= 4 is 22.9 Å². The minimum atomic E-state index is 0.232. The first-order chi connectivity index (χ1) is 5.53. The summed E-state index contributed by atoms with van der Waals surface area (Å²) in [5.74, 6) is 0.461. The molecule has 0 aliphatic heterocycles. The number of hydrogen-bond donors (Lipinski definition) is 1. The Kier molecular flexibility index (Phi) is 1.72. The van der Waals surface area contributed by atoms with Crippen LogP contribution in [-0.4, -0.2) is 11.0 Å². The van der Waals surface area contributed by atoms with Crippen LogP contribution in [0, 0.1) is 5.41 Å². The largest absolute Gasteiger partial charge is 0.327 e. The molecule has 0 radical (unpaired) electrons. The van der Waals surface area contributed by atoms with Gasteiger partial charge in [0.2, 0.25) is 0 Å². The molecule has 2 nitrogen and oxygen atoms in total. The molecule has 1 aliphatic rings. The van der Waals surface area contributed by atoms with E-state index in [-0.39, 0.29) is 11.5 Å². The van der Waals surface area contributed by atoms with Crippen LogP contribution in [0.3, 0.4) is 0 Å². The van der Waals surface area contributed by atoms with Gasteiger partial charge in [0.05, 0.1) is 0 Å². The maximum Gasteiger partial charge on any atom is 0.183 e. The predicted octanol–water partition coefficient (Wildman–Crippen LogP) is 2.25. The van der Waals surface area contributed by atoms with E-state index in [4.69, 9.17) is 17.3 Å². The second-order valence-electron chi connectivity index (χ2n) is 3.84. The predicted molar refractivity (Wildman–Crippen MR) is 51.6 cm³/mol. The molecule has 1 fully saturated rings. The van der Waals surface area contributed by atoms with Crippen LogP contribution in [0.15, 0.2) is 6.20 Å². The minimum absolute atomic E-state index is 0.232. The average molecular weight is 203 g/mol. The lowest BCUT2D eigenvalue weighted by Gasteiger charge is -1.96. The lowest BCUT2D eigenvalue weighted by molar-refractivity contribution is 0.601. The zero-order valence-corrected chi connectivity index (χ0v) is 8.62. The van der Waals surface area contributed by atoms with Crippen LogP contribution in [0.5, 0.6) is 0 Å². The quantitative estimate of drug-likeness (QED) is 0.759. The number of rotatable bonds is 1. The topological polar surface area (TPSA) is 38.9 Å². The standard InChI is InChI=1S/C8H11ClN2S/c1-8(2)5(6(8)10)4-3-11-7(9)12-4/h3,5-6H,10H2,1-2H3/t5-,6-/m1/s1. The Bertz CT molecular complexity index is 308. The Morgan fingerprint density at radius 3 is 2.58 bits per heavy atom. The number of nitrogens with zero attached hydrogens (tertiary/aromatic N) is 1. The summed E-state index contributed by atoms with van der Waals surface area (Å²) in [6.07, 6.45) is 1.84. The van der Waals surface area contributed by atoms with Crippen LogP contribution in [0.2, 0.25) is 4.47 Å². The van der Waals surface area contributed by atoms with Crippen LogP contribution >= 0.6 is 22.9 Å². The molecule has 2 atom stereocenters. The van der Waals surface area contributed by atoms with Gasteiger partial charge in [-0.05, 0) is 5.41 Å². The molecule has 1 aromatic rings. The molecule has 1 heterocycles. The Balaban J connectivity index is 2.24. The molecule has 2 N–H and O–H groups in total. The Morgan fingerprint density at radius 2 is 2.25 bits per heavy atom. The maximum atomic E-state index is 5.92. The van der Waals surface area contributed by atoms with E-state index >= 15 is 0 Å². The van der Waals surface area contributed by atoms with Gasteiger partial charge in [0, 0.05) is 23.0 Å². The second kappa shape index (κ2) is 2.44. The lowest BCUT2D eigenvalue weighted by Crippen LogP contribution is -2.06. The highest BCUT2D eigenvalue weighted by Crippen LogP contribution is 2.58. The monoisotopic (exact) mass is 202 g/mol. The third kappa shape index (κ3) is 1.08. The molecular weight excluding hydrogens is 192 g/mol. The molecule has 4 heteroatoms. The molecule has 0 amide bonds. The van der Waals surface area contributed by atoms with Gasteiger partial charge in [0.15, 0.2) is 4.47 Å². The number of aromatic nitrogens is 1. The first-order valence-electron chi connectivity index (χ1n) is 3.90. The highest BCUT2D eigenvalue weighted by Gasteiger charge is 2.56.